The van der Waals surface area contributed by atoms with Crippen molar-refractivity contribution in [2.24, 2.45) is 0 Å². The van der Waals surface area contributed by atoms with Crippen molar-refractivity contribution in [2.75, 3.05) is 13.2 Å². The third kappa shape index (κ3) is 4.84. The number of hydrogen-bond acceptors (Lipinski definition) is 2. The highest BCUT2D eigenvalue weighted by Gasteiger charge is 2.08. The highest BCUT2D eigenvalue weighted by molar-refractivity contribution is 5.95. The average molecular weight is 253 g/mol. The zero-order chi connectivity index (χ0) is 13.4. The van der Waals surface area contributed by atoms with E-state index in [1.54, 1.807) is 6.92 Å². The number of rotatable bonds is 7. The minimum atomic E-state index is -0.326. The number of aliphatic hydroxyl groups excluding tert-OH is 1. The Morgan fingerprint density at radius 2 is 2.00 bits per heavy atom. The summed E-state index contributed by atoms with van der Waals surface area (Å²) in [5.74, 6) is -0.484. The van der Waals surface area contributed by atoms with Crippen LogP contribution in [0.3, 0.4) is 0 Å². The number of aliphatic hydroxyl groups is 1. The SMILES string of the molecule is Cc1cc(F)ccc1C(=O)NCCCCCCO. The molecule has 0 heterocycles. The predicted octanol–water partition coefficient (Wildman–Crippen LogP) is 2.42. The summed E-state index contributed by atoms with van der Waals surface area (Å²) >= 11 is 0. The molecule has 0 aliphatic carbocycles. The van der Waals surface area contributed by atoms with Gasteiger partial charge in [0.25, 0.3) is 5.91 Å². The molecule has 0 fully saturated rings. The molecule has 0 atom stereocenters. The molecule has 18 heavy (non-hydrogen) atoms. The number of unbranched alkanes of at least 4 members (excludes halogenated alkanes) is 3. The first-order valence-corrected chi connectivity index (χ1v) is 6.30. The molecule has 4 heteroatoms. The summed E-state index contributed by atoms with van der Waals surface area (Å²) in [6.45, 7) is 2.56. The van der Waals surface area contributed by atoms with E-state index < -0.39 is 0 Å². The zero-order valence-corrected chi connectivity index (χ0v) is 10.7. The smallest absolute Gasteiger partial charge is 0.251 e. The number of benzene rings is 1. The molecule has 0 aromatic heterocycles. The van der Waals surface area contributed by atoms with Crippen LogP contribution in [0, 0.1) is 12.7 Å². The Labute approximate surface area is 107 Å². The second-order valence-electron chi connectivity index (χ2n) is 4.35. The molecule has 0 radical (unpaired) electrons. The number of aryl methyl sites for hydroxylation is 1. The van der Waals surface area contributed by atoms with E-state index in [1.165, 1.54) is 18.2 Å². The first-order valence-electron chi connectivity index (χ1n) is 6.30. The third-order valence-electron chi connectivity index (χ3n) is 2.80. The molecule has 0 saturated carbocycles. The molecular formula is C14H20FNO2. The van der Waals surface area contributed by atoms with Gasteiger partial charge in [-0.25, -0.2) is 4.39 Å². The van der Waals surface area contributed by atoms with Gasteiger partial charge in [0.15, 0.2) is 0 Å². The maximum atomic E-state index is 12.9. The van der Waals surface area contributed by atoms with E-state index in [0.29, 0.717) is 17.7 Å². The standard InChI is InChI=1S/C14H20FNO2/c1-11-10-12(15)6-7-13(11)14(18)16-8-4-2-3-5-9-17/h6-7,10,17H,2-5,8-9H2,1H3,(H,16,18). The van der Waals surface area contributed by atoms with Gasteiger partial charge in [0.1, 0.15) is 5.82 Å². The summed E-state index contributed by atoms with van der Waals surface area (Å²) in [6.07, 6.45) is 3.67. The van der Waals surface area contributed by atoms with Crippen molar-refractivity contribution in [3.8, 4) is 0 Å². The van der Waals surface area contributed by atoms with Crippen LogP contribution in [0.1, 0.15) is 41.6 Å². The Bertz CT molecular complexity index is 393. The molecule has 1 rings (SSSR count). The Balaban J connectivity index is 2.32. The average Bonchev–Trinajstić information content (AvgIpc) is 2.33. The monoisotopic (exact) mass is 253 g/mol. The van der Waals surface area contributed by atoms with E-state index in [4.69, 9.17) is 5.11 Å². The number of amides is 1. The molecule has 0 unspecified atom stereocenters. The highest BCUT2D eigenvalue weighted by Crippen LogP contribution is 2.10. The molecule has 0 bridgehead atoms. The molecule has 1 aromatic carbocycles. The molecule has 0 aliphatic rings. The first kappa shape index (κ1) is 14.6. The Morgan fingerprint density at radius 1 is 1.28 bits per heavy atom. The van der Waals surface area contributed by atoms with E-state index in [2.05, 4.69) is 5.32 Å². The largest absolute Gasteiger partial charge is 0.396 e. The van der Waals surface area contributed by atoms with Gasteiger partial charge in [-0.3, -0.25) is 4.79 Å². The number of nitrogens with one attached hydrogen (secondary N) is 1. The van der Waals surface area contributed by atoms with Crippen LogP contribution in [0.2, 0.25) is 0 Å². The fourth-order valence-corrected chi connectivity index (χ4v) is 1.77. The van der Waals surface area contributed by atoms with Crippen molar-refractivity contribution in [1.29, 1.82) is 0 Å². The van der Waals surface area contributed by atoms with Crippen LogP contribution < -0.4 is 5.32 Å². The van der Waals surface area contributed by atoms with E-state index in [9.17, 15) is 9.18 Å². The van der Waals surface area contributed by atoms with Gasteiger partial charge in [0, 0.05) is 18.7 Å². The Hall–Kier alpha value is -1.42. The number of carbonyl (C=O) groups excluding carboxylic acids is 1. The quantitative estimate of drug-likeness (QED) is 0.733. The second-order valence-corrected chi connectivity index (χ2v) is 4.35. The molecule has 100 valence electrons. The fourth-order valence-electron chi connectivity index (χ4n) is 1.77. The summed E-state index contributed by atoms with van der Waals surface area (Å²) < 4.78 is 12.9. The lowest BCUT2D eigenvalue weighted by Crippen LogP contribution is -2.25. The van der Waals surface area contributed by atoms with Crippen molar-refractivity contribution >= 4 is 5.91 Å². The number of halogens is 1. The van der Waals surface area contributed by atoms with Crippen LogP contribution in [0.4, 0.5) is 4.39 Å². The lowest BCUT2D eigenvalue weighted by atomic mass is 10.1. The van der Waals surface area contributed by atoms with Crippen LogP contribution in [0.15, 0.2) is 18.2 Å². The molecule has 0 spiro atoms. The van der Waals surface area contributed by atoms with Gasteiger partial charge < -0.3 is 10.4 Å². The third-order valence-corrected chi connectivity index (χ3v) is 2.80. The van der Waals surface area contributed by atoms with Gasteiger partial charge in [-0.1, -0.05) is 12.8 Å². The van der Waals surface area contributed by atoms with Crippen LogP contribution in [0.5, 0.6) is 0 Å². The first-order chi connectivity index (χ1) is 8.65. The summed E-state index contributed by atoms with van der Waals surface area (Å²) in [4.78, 5) is 11.8. The lowest BCUT2D eigenvalue weighted by Gasteiger charge is -2.07. The number of carbonyl (C=O) groups is 1. The van der Waals surface area contributed by atoms with Crippen molar-refractivity contribution in [2.45, 2.75) is 32.6 Å². The van der Waals surface area contributed by atoms with Crippen LogP contribution in [0.25, 0.3) is 0 Å². The summed E-state index contributed by atoms with van der Waals surface area (Å²) in [7, 11) is 0. The maximum Gasteiger partial charge on any atom is 0.251 e. The van der Waals surface area contributed by atoms with E-state index >= 15 is 0 Å². The van der Waals surface area contributed by atoms with E-state index in [-0.39, 0.29) is 18.3 Å². The topological polar surface area (TPSA) is 49.3 Å². The fraction of sp³-hybridized carbons (Fsp3) is 0.500. The summed E-state index contributed by atoms with van der Waals surface area (Å²) in [6, 6.07) is 4.16. The van der Waals surface area contributed by atoms with Gasteiger partial charge in [-0.05, 0) is 43.5 Å². The van der Waals surface area contributed by atoms with Gasteiger partial charge >= 0.3 is 0 Å². The second kappa shape index (κ2) is 7.82. The van der Waals surface area contributed by atoms with Crippen molar-refractivity contribution in [3.05, 3.63) is 35.1 Å². The molecule has 3 nitrogen and oxygen atoms in total. The van der Waals surface area contributed by atoms with E-state index in [0.717, 1.165) is 25.7 Å². The number of hydrogen-bond donors (Lipinski definition) is 2. The lowest BCUT2D eigenvalue weighted by molar-refractivity contribution is 0.0952. The zero-order valence-electron chi connectivity index (χ0n) is 10.7. The maximum absolute atomic E-state index is 12.9. The Kier molecular flexibility index (Phi) is 6.36. The minimum absolute atomic E-state index is 0.158. The van der Waals surface area contributed by atoms with Crippen LogP contribution in [-0.2, 0) is 0 Å². The van der Waals surface area contributed by atoms with Gasteiger partial charge in [0.2, 0.25) is 0 Å². The van der Waals surface area contributed by atoms with Crippen molar-refractivity contribution in [1.82, 2.24) is 5.32 Å². The normalized spacial score (nSPS) is 10.4. The van der Waals surface area contributed by atoms with Crippen molar-refractivity contribution < 1.29 is 14.3 Å². The molecule has 1 aromatic rings. The molecule has 1 amide bonds. The van der Waals surface area contributed by atoms with Crippen molar-refractivity contribution in [3.63, 3.8) is 0 Å². The summed E-state index contributed by atoms with van der Waals surface area (Å²) in [5, 5.41) is 11.4. The van der Waals surface area contributed by atoms with Crippen LogP contribution >= 0.6 is 0 Å². The highest BCUT2D eigenvalue weighted by atomic mass is 19.1. The van der Waals surface area contributed by atoms with Gasteiger partial charge in [-0.15, -0.1) is 0 Å². The minimum Gasteiger partial charge on any atom is -0.396 e. The van der Waals surface area contributed by atoms with Gasteiger partial charge in [-0.2, -0.15) is 0 Å². The molecular weight excluding hydrogens is 233 g/mol. The molecule has 0 aliphatic heterocycles. The Morgan fingerprint density at radius 3 is 2.67 bits per heavy atom. The molecule has 2 N–H and O–H groups in total. The summed E-state index contributed by atoms with van der Waals surface area (Å²) in [5.41, 5.74) is 1.17. The van der Waals surface area contributed by atoms with E-state index in [1.807, 2.05) is 0 Å². The van der Waals surface area contributed by atoms with Gasteiger partial charge in [0.05, 0.1) is 0 Å². The molecule has 0 saturated heterocycles. The van der Waals surface area contributed by atoms with Crippen LogP contribution in [-0.4, -0.2) is 24.2 Å². The predicted molar refractivity (Wildman–Crippen MR) is 69.0 cm³/mol.